The lowest BCUT2D eigenvalue weighted by atomic mass is 10.0. The fourth-order valence-electron chi connectivity index (χ4n) is 2.11. The quantitative estimate of drug-likeness (QED) is 0.555. The molecule has 17 heavy (non-hydrogen) atoms. The van der Waals surface area contributed by atoms with E-state index in [-0.39, 0.29) is 5.69 Å². The second-order valence-corrected chi connectivity index (χ2v) is 3.91. The average Bonchev–Trinajstić information content (AvgIpc) is 2.33. The van der Waals surface area contributed by atoms with Crippen molar-refractivity contribution in [2.45, 2.75) is 0 Å². The van der Waals surface area contributed by atoms with Crippen LogP contribution in [0.4, 0.5) is 11.4 Å². The first-order chi connectivity index (χ1) is 8.18. The maximum Gasteiger partial charge on any atom is 0.295 e. The molecule has 1 aliphatic heterocycles. The fourth-order valence-corrected chi connectivity index (χ4v) is 2.11. The number of pyridine rings is 1. The Hall–Kier alpha value is -2.43. The number of nitro benzene ring substituents is 1. The van der Waals surface area contributed by atoms with Crippen molar-refractivity contribution >= 4 is 28.4 Å². The van der Waals surface area contributed by atoms with Crippen molar-refractivity contribution in [3.63, 3.8) is 0 Å². The molecule has 0 fully saturated rings. The first kappa shape index (κ1) is 9.77. The van der Waals surface area contributed by atoms with Crippen LogP contribution in [0, 0.1) is 10.1 Å². The summed E-state index contributed by atoms with van der Waals surface area (Å²) in [5.74, 6) is 0. The third-order valence-corrected chi connectivity index (χ3v) is 2.94. The zero-order valence-corrected chi connectivity index (χ0v) is 9.12. The summed E-state index contributed by atoms with van der Waals surface area (Å²) in [6.45, 7) is 0. The van der Waals surface area contributed by atoms with Gasteiger partial charge in [0.15, 0.2) is 5.52 Å². The van der Waals surface area contributed by atoms with Crippen molar-refractivity contribution in [2.24, 2.45) is 0 Å². The molecule has 5 nitrogen and oxygen atoms in total. The predicted octanol–water partition coefficient (Wildman–Crippen LogP) is 2.56. The molecule has 1 aromatic carbocycles. The van der Waals surface area contributed by atoms with Crippen LogP contribution >= 0.6 is 0 Å². The predicted molar refractivity (Wildman–Crippen MR) is 65.8 cm³/mol. The van der Waals surface area contributed by atoms with Crippen LogP contribution in [0.1, 0.15) is 5.56 Å². The maximum atomic E-state index is 11.0. The van der Waals surface area contributed by atoms with Crippen molar-refractivity contribution in [3.05, 3.63) is 46.3 Å². The average molecular weight is 227 g/mol. The second-order valence-electron chi connectivity index (χ2n) is 3.91. The molecule has 0 saturated carbocycles. The molecule has 0 radical (unpaired) electrons. The number of nitro groups is 1. The van der Waals surface area contributed by atoms with Crippen LogP contribution < -0.4 is 4.90 Å². The van der Waals surface area contributed by atoms with E-state index in [1.54, 1.807) is 12.3 Å². The highest BCUT2D eigenvalue weighted by molar-refractivity contribution is 6.04. The number of rotatable bonds is 1. The summed E-state index contributed by atoms with van der Waals surface area (Å²) in [5, 5.41) is 11.8. The third kappa shape index (κ3) is 1.29. The number of hydrogen-bond acceptors (Lipinski definition) is 4. The zero-order valence-electron chi connectivity index (χ0n) is 9.12. The van der Waals surface area contributed by atoms with E-state index >= 15 is 0 Å². The van der Waals surface area contributed by atoms with Crippen molar-refractivity contribution in [3.8, 4) is 0 Å². The lowest BCUT2D eigenvalue weighted by Crippen LogP contribution is -2.12. The number of nitrogens with zero attached hydrogens (tertiary/aromatic N) is 3. The first-order valence-corrected chi connectivity index (χ1v) is 5.15. The van der Waals surface area contributed by atoms with E-state index in [9.17, 15) is 10.1 Å². The Labute approximate surface area is 97.1 Å². The smallest absolute Gasteiger partial charge is 0.295 e. The first-order valence-electron chi connectivity index (χ1n) is 5.15. The van der Waals surface area contributed by atoms with Gasteiger partial charge in [0.25, 0.3) is 5.69 Å². The minimum atomic E-state index is -0.395. The molecule has 0 bridgehead atoms. The number of benzene rings is 1. The van der Waals surface area contributed by atoms with Gasteiger partial charge >= 0.3 is 0 Å². The van der Waals surface area contributed by atoms with Gasteiger partial charge in [-0.2, -0.15) is 0 Å². The van der Waals surface area contributed by atoms with Crippen LogP contribution in [0.3, 0.4) is 0 Å². The molecule has 1 aromatic heterocycles. The number of non-ortho nitro benzene ring substituents is 1. The van der Waals surface area contributed by atoms with Gasteiger partial charge < -0.3 is 4.90 Å². The van der Waals surface area contributed by atoms with Crippen LogP contribution in [-0.4, -0.2) is 17.0 Å². The largest absolute Gasteiger partial charge is 0.350 e. The number of anilines is 1. The number of hydrogen-bond donors (Lipinski definition) is 0. The maximum absolute atomic E-state index is 11.0. The van der Waals surface area contributed by atoms with Gasteiger partial charge in [0, 0.05) is 30.9 Å². The highest BCUT2D eigenvalue weighted by Crippen LogP contribution is 2.36. The van der Waals surface area contributed by atoms with Gasteiger partial charge in [0.05, 0.1) is 10.6 Å². The molecular weight excluding hydrogens is 218 g/mol. The van der Waals surface area contributed by atoms with Gasteiger partial charge in [-0.3, -0.25) is 10.1 Å². The summed E-state index contributed by atoms with van der Waals surface area (Å²) in [6.07, 6.45) is 5.47. The minimum absolute atomic E-state index is 0.0503. The van der Waals surface area contributed by atoms with Crippen molar-refractivity contribution < 1.29 is 4.92 Å². The highest BCUT2D eigenvalue weighted by atomic mass is 16.6. The Morgan fingerprint density at radius 3 is 2.94 bits per heavy atom. The molecule has 3 rings (SSSR count). The fraction of sp³-hybridized carbons (Fsp3) is 0.0833. The van der Waals surface area contributed by atoms with Crippen LogP contribution in [0.25, 0.3) is 17.0 Å². The summed E-state index contributed by atoms with van der Waals surface area (Å²) >= 11 is 0. The number of aromatic nitrogens is 1. The SMILES string of the molecule is CN1C=Cc2ccnc3c([N+](=O)[O-])ccc1c23. The monoisotopic (exact) mass is 227 g/mol. The molecule has 0 saturated heterocycles. The van der Waals surface area contributed by atoms with Crippen molar-refractivity contribution in [1.82, 2.24) is 4.98 Å². The normalized spacial score (nSPS) is 13.1. The summed E-state index contributed by atoms with van der Waals surface area (Å²) in [4.78, 5) is 16.6. The van der Waals surface area contributed by atoms with E-state index in [2.05, 4.69) is 4.98 Å². The summed E-state index contributed by atoms with van der Waals surface area (Å²) in [7, 11) is 1.91. The molecule has 84 valence electrons. The van der Waals surface area contributed by atoms with Gasteiger partial charge in [0.2, 0.25) is 0 Å². The van der Waals surface area contributed by atoms with Gasteiger partial charge in [-0.1, -0.05) is 0 Å². The van der Waals surface area contributed by atoms with E-state index in [1.807, 2.05) is 30.3 Å². The lowest BCUT2D eigenvalue weighted by molar-refractivity contribution is -0.383. The van der Waals surface area contributed by atoms with Crippen molar-refractivity contribution in [2.75, 3.05) is 11.9 Å². The van der Waals surface area contributed by atoms with Crippen molar-refractivity contribution in [1.29, 1.82) is 0 Å². The van der Waals surface area contributed by atoms with E-state index in [0.29, 0.717) is 5.52 Å². The van der Waals surface area contributed by atoms with Gasteiger partial charge in [-0.05, 0) is 23.8 Å². The van der Waals surface area contributed by atoms with Gasteiger partial charge in [-0.15, -0.1) is 0 Å². The van der Waals surface area contributed by atoms with E-state index in [0.717, 1.165) is 16.6 Å². The van der Waals surface area contributed by atoms with Crippen LogP contribution in [-0.2, 0) is 0 Å². The Morgan fingerprint density at radius 1 is 1.35 bits per heavy atom. The van der Waals surface area contributed by atoms with Gasteiger partial charge in [-0.25, -0.2) is 4.98 Å². The third-order valence-electron chi connectivity index (χ3n) is 2.94. The Balaban J connectivity index is 2.48. The second kappa shape index (κ2) is 3.28. The molecule has 2 aromatic rings. The molecule has 0 N–H and O–H groups in total. The molecule has 0 amide bonds. The topological polar surface area (TPSA) is 59.3 Å². The Kier molecular flexibility index (Phi) is 1.89. The molecule has 1 aliphatic rings. The molecule has 0 spiro atoms. The lowest BCUT2D eigenvalue weighted by Gasteiger charge is -2.21. The molecule has 0 unspecified atom stereocenters. The van der Waals surface area contributed by atoms with Crippen LogP contribution in [0.2, 0.25) is 0 Å². The van der Waals surface area contributed by atoms with E-state index < -0.39 is 4.92 Å². The van der Waals surface area contributed by atoms with E-state index in [1.165, 1.54) is 6.07 Å². The summed E-state index contributed by atoms with van der Waals surface area (Å²) < 4.78 is 0. The van der Waals surface area contributed by atoms with Crippen LogP contribution in [0.15, 0.2) is 30.6 Å². The standard InChI is InChI=1S/C12H9N3O2/c1-14-7-5-8-4-6-13-12-10(15(16)17)3-2-9(14)11(8)12/h2-7H,1H3. The highest BCUT2D eigenvalue weighted by Gasteiger charge is 2.20. The molecule has 5 heteroatoms. The summed E-state index contributed by atoms with van der Waals surface area (Å²) in [6, 6.07) is 5.12. The molecule has 0 atom stereocenters. The molecule has 2 heterocycles. The van der Waals surface area contributed by atoms with E-state index in [4.69, 9.17) is 0 Å². The van der Waals surface area contributed by atoms with Gasteiger partial charge in [0.1, 0.15) is 0 Å². The van der Waals surface area contributed by atoms with Crippen LogP contribution in [0.5, 0.6) is 0 Å². The Morgan fingerprint density at radius 2 is 2.18 bits per heavy atom. The molecular formula is C12H9N3O2. The molecule has 0 aliphatic carbocycles. The Bertz CT molecular complexity index is 664. The zero-order chi connectivity index (χ0) is 12.0. The summed E-state index contributed by atoms with van der Waals surface area (Å²) in [5.41, 5.74) is 2.40. The minimum Gasteiger partial charge on any atom is -0.350 e.